The molecule has 23 heavy (non-hydrogen) atoms. The van der Waals surface area contributed by atoms with Crippen LogP contribution in [0.1, 0.15) is 47.5 Å². The van der Waals surface area contributed by atoms with Crippen molar-refractivity contribution in [1.82, 2.24) is 0 Å². The fourth-order valence-corrected chi connectivity index (χ4v) is 3.90. The molecule has 0 radical (unpaired) electrons. The van der Waals surface area contributed by atoms with Crippen LogP contribution in [0.3, 0.4) is 0 Å². The van der Waals surface area contributed by atoms with Crippen LogP contribution in [0.25, 0.3) is 0 Å². The topological polar surface area (TPSA) is 55.8 Å². The highest BCUT2D eigenvalue weighted by Gasteiger charge is 2.65. The second kappa shape index (κ2) is 4.88. The Balaban J connectivity index is 2.00. The highest BCUT2D eigenvalue weighted by molar-refractivity contribution is 6.10. The van der Waals surface area contributed by atoms with Crippen LogP contribution in [-0.4, -0.2) is 36.0 Å². The second-order valence-corrected chi connectivity index (χ2v) is 7.60. The summed E-state index contributed by atoms with van der Waals surface area (Å²) in [5.74, 6) is -0.831. The van der Waals surface area contributed by atoms with Crippen LogP contribution in [0, 0.1) is 5.41 Å². The van der Waals surface area contributed by atoms with E-state index < -0.39 is 11.4 Å². The van der Waals surface area contributed by atoms with Gasteiger partial charge in [0.05, 0.1) is 6.61 Å². The van der Waals surface area contributed by atoms with Crippen LogP contribution >= 0.6 is 0 Å². The molecule has 3 rings (SSSR count). The average Bonchev–Trinajstić information content (AvgIpc) is 3.23. The van der Waals surface area contributed by atoms with Crippen molar-refractivity contribution in [3.05, 3.63) is 33.9 Å². The van der Waals surface area contributed by atoms with Gasteiger partial charge in [-0.2, -0.15) is 0 Å². The third-order valence-electron chi connectivity index (χ3n) is 5.93. The van der Waals surface area contributed by atoms with Gasteiger partial charge in [0.2, 0.25) is 0 Å². The lowest BCUT2D eigenvalue weighted by atomic mass is 9.67. The number of allylic oxidation sites excluding steroid dienone is 2. The number of ketones is 1. The molecule has 1 spiro atoms. The van der Waals surface area contributed by atoms with E-state index in [4.69, 9.17) is 9.47 Å². The number of fused-ring (bicyclic) bond motifs is 1. The molecule has 0 heterocycles. The molecule has 0 aliphatic heterocycles. The summed E-state index contributed by atoms with van der Waals surface area (Å²) in [5.41, 5.74) is 3.14. The number of carbonyl (C=O) groups excluding carboxylic acids is 1. The molecule has 1 saturated carbocycles. The van der Waals surface area contributed by atoms with E-state index in [1.807, 2.05) is 26.8 Å². The van der Waals surface area contributed by atoms with E-state index in [1.54, 1.807) is 14.0 Å². The summed E-state index contributed by atoms with van der Waals surface area (Å²) in [6.07, 6.45) is 3.62. The number of hydrogen-bond acceptors (Lipinski definition) is 4. The van der Waals surface area contributed by atoms with Gasteiger partial charge in [0.25, 0.3) is 0 Å². The Bertz CT molecular complexity index is 669. The standard InChI is InChI=1S/C19H26O4/c1-11-9-13-15(14(11)10-23-17(3,4)22-6)12(2)19(7-8-19)18(5,21)16(13)20/h9,21H,7-8,10H2,1-6H3/t18-/m0/s1. The van der Waals surface area contributed by atoms with E-state index in [9.17, 15) is 9.90 Å². The summed E-state index contributed by atoms with van der Waals surface area (Å²) in [5, 5.41) is 10.8. The molecule has 0 aromatic rings. The van der Waals surface area contributed by atoms with Gasteiger partial charge in [0.1, 0.15) is 5.60 Å². The molecule has 0 amide bonds. The smallest absolute Gasteiger partial charge is 0.195 e. The van der Waals surface area contributed by atoms with E-state index in [1.165, 1.54) is 0 Å². The number of methoxy groups -OCH3 is 1. The van der Waals surface area contributed by atoms with Gasteiger partial charge in [-0.1, -0.05) is 5.57 Å². The average molecular weight is 318 g/mol. The lowest BCUT2D eigenvalue weighted by Gasteiger charge is -2.39. The predicted molar refractivity (Wildman–Crippen MR) is 87.8 cm³/mol. The van der Waals surface area contributed by atoms with Gasteiger partial charge in [-0.05, 0) is 70.3 Å². The zero-order chi connectivity index (χ0) is 17.2. The fourth-order valence-electron chi connectivity index (χ4n) is 3.90. The van der Waals surface area contributed by atoms with E-state index in [2.05, 4.69) is 6.92 Å². The molecule has 4 nitrogen and oxygen atoms in total. The molecule has 1 N–H and O–H groups in total. The largest absolute Gasteiger partial charge is 0.381 e. The summed E-state index contributed by atoms with van der Waals surface area (Å²) in [6, 6.07) is 0. The third kappa shape index (κ3) is 2.19. The molecule has 0 aromatic heterocycles. The fraction of sp³-hybridized carbons (Fsp3) is 0.632. The zero-order valence-corrected chi connectivity index (χ0v) is 14.9. The quantitative estimate of drug-likeness (QED) is 0.809. The molecule has 3 aliphatic rings. The van der Waals surface area contributed by atoms with E-state index in [0.717, 1.165) is 35.1 Å². The maximum absolute atomic E-state index is 12.8. The summed E-state index contributed by atoms with van der Waals surface area (Å²) in [4.78, 5) is 12.8. The minimum absolute atomic E-state index is 0.157. The van der Waals surface area contributed by atoms with Crippen LogP contribution in [0.15, 0.2) is 33.9 Å². The van der Waals surface area contributed by atoms with Gasteiger partial charge < -0.3 is 14.6 Å². The Morgan fingerprint density at radius 1 is 1.30 bits per heavy atom. The van der Waals surface area contributed by atoms with Crippen molar-refractivity contribution >= 4 is 5.78 Å². The SMILES string of the molecule is COC(C)(C)OCC1=C(C)C=C2C(=O)[C@](C)(O)C3(CC3)C(C)=C21. The minimum Gasteiger partial charge on any atom is -0.381 e. The maximum Gasteiger partial charge on any atom is 0.195 e. The van der Waals surface area contributed by atoms with Crippen molar-refractivity contribution in [2.24, 2.45) is 5.41 Å². The van der Waals surface area contributed by atoms with Gasteiger partial charge in [0.15, 0.2) is 11.6 Å². The van der Waals surface area contributed by atoms with Crippen LogP contribution < -0.4 is 0 Å². The molecule has 0 saturated heterocycles. The van der Waals surface area contributed by atoms with E-state index in [-0.39, 0.29) is 11.2 Å². The maximum atomic E-state index is 12.8. The Morgan fingerprint density at radius 3 is 2.43 bits per heavy atom. The summed E-state index contributed by atoms with van der Waals surface area (Å²) in [6.45, 7) is 9.84. The van der Waals surface area contributed by atoms with Gasteiger partial charge >= 0.3 is 0 Å². The van der Waals surface area contributed by atoms with Crippen molar-refractivity contribution in [2.45, 2.75) is 58.8 Å². The monoisotopic (exact) mass is 318 g/mol. The van der Waals surface area contributed by atoms with Crippen molar-refractivity contribution in [1.29, 1.82) is 0 Å². The van der Waals surface area contributed by atoms with Gasteiger partial charge in [-0.3, -0.25) is 4.79 Å². The van der Waals surface area contributed by atoms with Gasteiger partial charge in [-0.25, -0.2) is 0 Å². The molecule has 4 heteroatoms. The number of rotatable bonds is 4. The van der Waals surface area contributed by atoms with E-state index >= 15 is 0 Å². The van der Waals surface area contributed by atoms with Crippen LogP contribution in [-0.2, 0) is 14.3 Å². The van der Waals surface area contributed by atoms with Gasteiger partial charge in [-0.15, -0.1) is 0 Å². The van der Waals surface area contributed by atoms with Crippen LogP contribution in [0.2, 0.25) is 0 Å². The molecular weight excluding hydrogens is 292 g/mol. The molecule has 1 atom stereocenters. The molecule has 1 fully saturated rings. The Kier molecular flexibility index (Phi) is 3.53. The lowest BCUT2D eigenvalue weighted by molar-refractivity contribution is -0.191. The van der Waals surface area contributed by atoms with Crippen LogP contribution in [0.4, 0.5) is 0 Å². The molecule has 3 aliphatic carbocycles. The second-order valence-electron chi connectivity index (χ2n) is 7.60. The molecule has 0 bridgehead atoms. The van der Waals surface area contributed by atoms with Crippen molar-refractivity contribution in [3.8, 4) is 0 Å². The summed E-state index contributed by atoms with van der Waals surface area (Å²) < 4.78 is 11.2. The normalized spacial score (nSPS) is 29.3. The van der Waals surface area contributed by atoms with E-state index in [0.29, 0.717) is 12.2 Å². The summed E-state index contributed by atoms with van der Waals surface area (Å²) in [7, 11) is 1.62. The highest BCUT2D eigenvalue weighted by Crippen LogP contribution is 2.64. The Labute approximate surface area is 137 Å². The first-order chi connectivity index (χ1) is 10.6. The number of ether oxygens (including phenoxy) is 2. The Hall–Kier alpha value is -1.23. The first kappa shape index (κ1) is 16.6. The molecule has 0 aromatic carbocycles. The Morgan fingerprint density at radius 2 is 1.91 bits per heavy atom. The van der Waals surface area contributed by atoms with Crippen molar-refractivity contribution in [3.63, 3.8) is 0 Å². The number of Topliss-reactive ketones (excluding diaryl/α,β-unsaturated/α-hetero) is 1. The first-order valence-corrected chi connectivity index (χ1v) is 8.17. The zero-order valence-electron chi connectivity index (χ0n) is 14.9. The van der Waals surface area contributed by atoms with Crippen molar-refractivity contribution < 1.29 is 19.4 Å². The minimum atomic E-state index is -1.30. The third-order valence-corrected chi connectivity index (χ3v) is 5.93. The molecule has 126 valence electrons. The highest BCUT2D eigenvalue weighted by atomic mass is 16.7. The van der Waals surface area contributed by atoms with Crippen molar-refractivity contribution in [2.75, 3.05) is 13.7 Å². The predicted octanol–water partition coefficient (Wildman–Crippen LogP) is 3.07. The number of carbonyl (C=O) groups is 1. The number of aliphatic hydroxyl groups is 1. The van der Waals surface area contributed by atoms with Crippen LogP contribution in [0.5, 0.6) is 0 Å². The van der Waals surface area contributed by atoms with Gasteiger partial charge in [0, 0.05) is 18.1 Å². The summed E-state index contributed by atoms with van der Waals surface area (Å²) >= 11 is 0. The molecule has 0 unspecified atom stereocenters. The molecular formula is C19H26O4. The first-order valence-electron chi connectivity index (χ1n) is 8.17. The number of hydrogen-bond donors (Lipinski definition) is 1. The lowest BCUT2D eigenvalue weighted by Crippen LogP contribution is -2.49.